The molecule has 0 aliphatic carbocycles. The number of carbonyl (C=O) groups is 1. The molecule has 3 rings (SSSR count). The fourth-order valence-electron chi connectivity index (χ4n) is 3.73. The van der Waals surface area contributed by atoms with E-state index in [-0.39, 0.29) is 18.1 Å². The number of fused-ring (bicyclic) bond motifs is 1. The number of nitrogens with one attached hydrogen (secondary N) is 1. The summed E-state index contributed by atoms with van der Waals surface area (Å²) in [5.41, 5.74) is 6.56. The van der Waals surface area contributed by atoms with Crippen molar-refractivity contribution < 1.29 is 9.53 Å². The van der Waals surface area contributed by atoms with Crippen molar-refractivity contribution in [2.75, 3.05) is 18.1 Å². The minimum Gasteiger partial charge on any atom is -0.484 e. The molecule has 0 atom stereocenters. The number of carbonyl (C=O) groups excluding carboxylic acids is 1. The highest BCUT2D eigenvalue weighted by molar-refractivity contribution is 6.33. The van der Waals surface area contributed by atoms with Crippen LogP contribution in [0.1, 0.15) is 45.2 Å². The van der Waals surface area contributed by atoms with Crippen molar-refractivity contribution in [3.63, 3.8) is 0 Å². The molecule has 1 aliphatic heterocycles. The lowest BCUT2D eigenvalue weighted by atomic mass is 9.88. The van der Waals surface area contributed by atoms with Gasteiger partial charge in [-0.15, -0.1) is 0 Å². The number of benzene rings is 2. The van der Waals surface area contributed by atoms with E-state index in [0.29, 0.717) is 15.8 Å². The largest absolute Gasteiger partial charge is 0.484 e. The van der Waals surface area contributed by atoms with Gasteiger partial charge in [0.15, 0.2) is 6.61 Å². The molecule has 0 spiro atoms. The van der Waals surface area contributed by atoms with Crippen LogP contribution in [0.2, 0.25) is 10.0 Å². The van der Waals surface area contributed by atoms with E-state index in [4.69, 9.17) is 27.9 Å². The Balaban J connectivity index is 1.69. The van der Waals surface area contributed by atoms with Gasteiger partial charge in [-0.1, -0.05) is 36.2 Å². The van der Waals surface area contributed by atoms with Crippen LogP contribution in [-0.2, 0) is 4.79 Å². The number of halogens is 2. The van der Waals surface area contributed by atoms with E-state index in [1.165, 1.54) is 5.57 Å². The maximum atomic E-state index is 12.0. The van der Waals surface area contributed by atoms with Gasteiger partial charge in [0.2, 0.25) is 0 Å². The average molecular weight is 460 g/mol. The quantitative estimate of drug-likeness (QED) is 0.411. The Labute approximate surface area is 193 Å². The highest BCUT2D eigenvalue weighted by Crippen LogP contribution is 2.41. The van der Waals surface area contributed by atoms with Gasteiger partial charge in [-0.25, -0.2) is 5.43 Å². The fourth-order valence-corrected chi connectivity index (χ4v) is 4.06. The van der Waals surface area contributed by atoms with Crippen LogP contribution in [0.4, 0.5) is 5.69 Å². The van der Waals surface area contributed by atoms with Crippen LogP contribution >= 0.6 is 23.2 Å². The number of hydrogen-bond donors (Lipinski definition) is 1. The van der Waals surface area contributed by atoms with Crippen molar-refractivity contribution in [3.05, 3.63) is 63.6 Å². The zero-order valence-corrected chi connectivity index (χ0v) is 19.7. The lowest BCUT2D eigenvalue weighted by Crippen LogP contribution is -2.45. The minimum atomic E-state index is -0.368. The van der Waals surface area contributed by atoms with E-state index in [0.717, 1.165) is 29.8 Å². The smallest absolute Gasteiger partial charge is 0.277 e. The second-order valence-corrected chi connectivity index (χ2v) is 8.90. The molecule has 164 valence electrons. The van der Waals surface area contributed by atoms with Gasteiger partial charge in [0, 0.05) is 28.4 Å². The normalized spacial score (nSPS) is 14.9. The number of nitrogens with zero attached hydrogens (tertiary/aromatic N) is 2. The predicted molar refractivity (Wildman–Crippen MR) is 130 cm³/mol. The molecule has 31 heavy (non-hydrogen) atoms. The number of rotatable bonds is 7. The molecule has 5 nitrogen and oxygen atoms in total. The Bertz CT molecular complexity index is 1010. The van der Waals surface area contributed by atoms with Crippen LogP contribution in [0.3, 0.4) is 0 Å². The molecule has 0 saturated carbocycles. The fraction of sp³-hybridized carbons (Fsp3) is 0.333. The number of amides is 1. The van der Waals surface area contributed by atoms with Gasteiger partial charge in [0.05, 0.1) is 16.8 Å². The standard InChI is InChI=1S/C24H27Cl2N3O2/c1-5-10-29-22-12-21(26)17(11-20(22)16(2)13-24(29,3)4)14-27-28-23(30)15-31-19-8-6-18(25)7-9-19/h6-9,11-14H,5,10,15H2,1-4H3,(H,28,30)/b27-14-. The minimum absolute atomic E-state index is 0.0793. The molecular formula is C24H27Cl2N3O2. The van der Waals surface area contributed by atoms with E-state index >= 15 is 0 Å². The summed E-state index contributed by atoms with van der Waals surface area (Å²) < 4.78 is 5.41. The third-order valence-corrected chi connectivity index (χ3v) is 5.70. The van der Waals surface area contributed by atoms with Crippen molar-refractivity contribution in [2.45, 2.75) is 39.7 Å². The summed E-state index contributed by atoms with van der Waals surface area (Å²) in [7, 11) is 0. The SMILES string of the molecule is CCCN1c2cc(Cl)c(/C=N\NC(=O)COc3ccc(Cl)cc3)cc2C(C)=CC1(C)C. The molecule has 0 fully saturated rings. The molecule has 1 aliphatic rings. The summed E-state index contributed by atoms with van der Waals surface area (Å²) in [5.74, 6) is 0.190. The molecule has 2 aromatic carbocycles. The van der Waals surface area contributed by atoms with Crippen molar-refractivity contribution in [2.24, 2.45) is 5.10 Å². The van der Waals surface area contributed by atoms with E-state index in [9.17, 15) is 4.79 Å². The van der Waals surface area contributed by atoms with Crippen molar-refractivity contribution >= 4 is 46.6 Å². The van der Waals surface area contributed by atoms with Gasteiger partial charge in [-0.2, -0.15) is 5.10 Å². The summed E-state index contributed by atoms with van der Waals surface area (Å²) >= 11 is 12.4. The van der Waals surface area contributed by atoms with Crippen LogP contribution < -0.4 is 15.1 Å². The maximum Gasteiger partial charge on any atom is 0.277 e. The highest BCUT2D eigenvalue weighted by atomic mass is 35.5. The second-order valence-electron chi connectivity index (χ2n) is 8.06. The predicted octanol–water partition coefficient (Wildman–Crippen LogP) is 5.93. The first-order valence-electron chi connectivity index (χ1n) is 10.2. The molecule has 0 saturated heterocycles. The Kier molecular flexibility index (Phi) is 7.29. The maximum absolute atomic E-state index is 12.0. The molecule has 7 heteroatoms. The van der Waals surface area contributed by atoms with Crippen LogP contribution in [-0.4, -0.2) is 30.8 Å². The highest BCUT2D eigenvalue weighted by Gasteiger charge is 2.31. The lowest BCUT2D eigenvalue weighted by Gasteiger charge is -2.43. The first-order valence-corrected chi connectivity index (χ1v) is 11.0. The van der Waals surface area contributed by atoms with Gasteiger partial charge in [-0.05, 0) is 69.2 Å². The van der Waals surface area contributed by atoms with E-state index in [2.05, 4.69) is 49.2 Å². The third kappa shape index (κ3) is 5.60. The van der Waals surface area contributed by atoms with Gasteiger partial charge in [0.25, 0.3) is 5.91 Å². The third-order valence-electron chi connectivity index (χ3n) is 5.12. The lowest BCUT2D eigenvalue weighted by molar-refractivity contribution is -0.123. The van der Waals surface area contributed by atoms with Gasteiger partial charge in [0.1, 0.15) is 5.75 Å². The molecule has 0 unspecified atom stereocenters. The number of anilines is 1. The molecule has 1 N–H and O–H groups in total. The summed E-state index contributed by atoms with van der Waals surface area (Å²) in [6.45, 7) is 9.48. The zero-order valence-electron chi connectivity index (χ0n) is 18.2. The summed E-state index contributed by atoms with van der Waals surface area (Å²) in [4.78, 5) is 14.4. The van der Waals surface area contributed by atoms with Gasteiger partial charge >= 0.3 is 0 Å². The van der Waals surface area contributed by atoms with E-state index in [1.54, 1.807) is 30.5 Å². The molecule has 2 aromatic rings. The average Bonchev–Trinajstić information content (AvgIpc) is 2.71. The molecule has 1 amide bonds. The van der Waals surface area contributed by atoms with E-state index in [1.807, 2.05) is 12.1 Å². The Hall–Kier alpha value is -2.50. The van der Waals surface area contributed by atoms with Crippen molar-refractivity contribution in [1.29, 1.82) is 0 Å². The Morgan fingerprint density at radius 3 is 2.61 bits per heavy atom. The van der Waals surface area contributed by atoms with Crippen LogP contribution in [0.25, 0.3) is 5.57 Å². The van der Waals surface area contributed by atoms with Crippen molar-refractivity contribution in [3.8, 4) is 5.75 Å². The summed E-state index contributed by atoms with van der Waals surface area (Å²) in [6, 6.07) is 10.8. The van der Waals surface area contributed by atoms with Gasteiger partial charge < -0.3 is 9.64 Å². The molecule has 0 aromatic heterocycles. The summed E-state index contributed by atoms with van der Waals surface area (Å²) in [6.07, 6.45) is 4.87. The first-order chi connectivity index (χ1) is 14.7. The molecule has 0 bridgehead atoms. The number of ether oxygens (including phenoxy) is 1. The van der Waals surface area contributed by atoms with Crippen LogP contribution in [0, 0.1) is 0 Å². The van der Waals surface area contributed by atoms with Crippen molar-refractivity contribution in [1.82, 2.24) is 5.43 Å². The van der Waals surface area contributed by atoms with Crippen LogP contribution in [0.15, 0.2) is 47.6 Å². The Morgan fingerprint density at radius 1 is 1.23 bits per heavy atom. The molecular weight excluding hydrogens is 433 g/mol. The summed E-state index contributed by atoms with van der Waals surface area (Å²) in [5, 5.41) is 5.23. The second kappa shape index (κ2) is 9.75. The van der Waals surface area contributed by atoms with Gasteiger partial charge in [-0.3, -0.25) is 4.79 Å². The Morgan fingerprint density at radius 2 is 1.94 bits per heavy atom. The zero-order chi connectivity index (χ0) is 22.6. The number of hydrazone groups is 1. The molecule has 1 heterocycles. The first kappa shape index (κ1) is 23.2. The number of hydrogen-bond acceptors (Lipinski definition) is 4. The monoisotopic (exact) mass is 459 g/mol. The molecule has 0 radical (unpaired) electrons. The number of allylic oxidation sites excluding steroid dienone is 1. The topological polar surface area (TPSA) is 53.9 Å². The van der Waals surface area contributed by atoms with Crippen LogP contribution in [0.5, 0.6) is 5.75 Å². The van der Waals surface area contributed by atoms with E-state index < -0.39 is 0 Å².